The predicted molar refractivity (Wildman–Crippen MR) is 39.4 cm³/mol. The molecule has 3 nitrogen and oxygen atoms in total. The lowest BCUT2D eigenvalue weighted by molar-refractivity contribution is 0.392. The van der Waals surface area contributed by atoms with Crippen LogP contribution in [0.15, 0.2) is 16.8 Å². The molecule has 3 heteroatoms. The zero-order valence-electron chi connectivity index (χ0n) is 5.91. The van der Waals surface area contributed by atoms with Gasteiger partial charge in [-0.15, -0.1) is 0 Å². The number of nitrogens with zero attached hydrogens (tertiary/aromatic N) is 3. The highest BCUT2D eigenvalue weighted by molar-refractivity contribution is 5.79. The predicted octanol–water partition coefficient (Wildman–Crippen LogP) is 0.758. The molecule has 0 spiro atoms. The zero-order chi connectivity index (χ0) is 7.40. The summed E-state index contributed by atoms with van der Waals surface area (Å²) in [5.41, 5.74) is 1.01. The molecule has 0 radical (unpaired) electrons. The van der Waals surface area contributed by atoms with Gasteiger partial charge in [0, 0.05) is 7.05 Å². The summed E-state index contributed by atoms with van der Waals surface area (Å²) in [4.78, 5) is 0. The van der Waals surface area contributed by atoms with Gasteiger partial charge in [0.2, 0.25) is 0 Å². The molecule has 1 aliphatic rings. The maximum absolute atomic E-state index is 8.32. The van der Waals surface area contributed by atoms with E-state index in [1.54, 1.807) is 6.21 Å². The molecule has 0 unspecified atom stereocenters. The molecule has 0 aromatic carbocycles. The Bertz CT molecular complexity index is 209. The number of hydrazone groups is 1. The molecule has 0 saturated heterocycles. The molecule has 0 N–H and O–H groups in total. The van der Waals surface area contributed by atoms with Gasteiger partial charge in [-0.3, -0.25) is 5.01 Å². The Morgan fingerprint density at radius 2 is 2.70 bits per heavy atom. The molecule has 1 aliphatic heterocycles. The van der Waals surface area contributed by atoms with Gasteiger partial charge in [-0.1, -0.05) is 6.08 Å². The highest BCUT2D eigenvalue weighted by Crippen LogP contribution is 2.02. The van der Waals surface area contributed by atoms with Gasteiger partial charge < -0.3 is 0 Å². The van der Waals surface area contributed by atoms with E-state index in [0.717, 1.165) is 12.1 Å². The second-order valence-electron chi connectivity index (χ2n) is 2.20. The van der Waals surface area contributed by atoms with Gasteiger partial charge in [-0.25, -0.2) is 0 Å². The van der Waals surface area contributed by atoms with Crippen LogP contribution in [0.3, 0.4) is 0 Å². The summed E-state index contributed by atoms with van der Waals surface area (Å²) >= 11 is 0. The third kappa shape index (κ3) is 1.59. The molecule has 1 heterocycles. The molecule has 1 rings (SSSR count). The van der Waals surface area contributed by atoms with E-state index in [2.05, 4.69) is 11.2 Å². The SMILES string of the molecule is CN1CC=C(CC#N)C=N1. The van der Waals surface area contributed by atoms with E-state index in [0.29, 0.717) is 6.42 Å². The monoisotopic (exact) mass is 135 g/mol. The fourth-order valence-electron chi connectivity index (χ4n) is 0.731. The fourth-order valence-corrected chi connectivity index (χ4v) is 0.731. The molecule has 0 atom stereocenters. The van der Waals surface area contributed by atoms with Gasteiger partial charge in [-0.2, -0.15) is 10.4 Å². The Hall–Kier alpha value is -1.30. The minimum atomic E-state index is 0.470. The van der Waals surface area contributed by atoms with Crippen molar-refractivity contribution in [3.8, 4) is 6.07 Å². The first-order valence-corrected chi connectivity index (χ1v) is 3.14. The first kappa shape index (κ1) is 6.81. The fraction of sp³-hybridized carbons (Fsp3) is 0.429. The van der Waals surface area contributed by atoms with E-state index in [1.165, 1.54) is 0 Å². The number of likely N-dealkylation sites (N-methyl/N-ethyl adjacent to an activating group) is 1. The van der Waals surface area contributed by atoms with Gasteiger partial charge in [-0.05, 0) is 5.57 Å². The highest BCUT2D eigenvalue weighted by Gasteiger charge is 1.99. The summed E-state index contributed by atoms with van der Waals surface area (Å²) in [6, 6.07) is 2.07. The lowest BCUT2D eigenvalue weighted by Crippen LogP contribution is -2.15. The van der Waals surface area contributed by atoms with Crippen LogP contribution in [0.4, 0.5) is 0 Å². The van der Waals surface area contributed by atoms with E-state index < -0.39 is 0 Å². The lowest BCUT2D eigenvalue weighted by atomic mass is 10.2. The molecular weight excluding hydrogens is 126 g/mol. The van der Waals surface area contributed by atoms with Crippen LogP contribution in [0.2, 0.25) is 0 Å². The molecular formula is C7H9N3. The Balaban J connectivity index is 2.52. The van der Waals surface area contributed by atoms with Crippen LogP contribution in [0.1, 0.15) is 6.42 Å². The zero-order valence-corrected chi connectivity index (χ0v) is 5.91. The van der Waals surface area contributed by atoms with Crippen molar-refractivity contribution in [1.29, 1.82) is 5.26 Å². The topological polar surface area (TPSA) is 39.4 Å². The third-order valence-electron chi connectivity index (χ3n) is 1.32. The summed E-state index contributed by atoms with van der Waals surface area (Å²) in [6.07, 6.45) is 4.21. The number of hydrogen-bond donors (Lipinski definition) is 0. The summed E-state index contributed by atoms with van der Waals surface area (Å²) in [6.45, 7) is 0.813. The van der Waals surface area contributed by atoms with Crippen molar-refractivity contribution in [1.82, 2.24) is 5.01 Å². The largest absolute Gasteiger partial charge is 0.296 e. The van der Waals surface area contributed by atoms with E-state index in [1.807, 2.05) is 18.1 Å². The Morgan fingerprint density at radius 3 is 3.20 bits per heavy atom. The maximum atomic E-state index is 8.32. The summed E-state index contributed by atoms with van der Waals surface area (Å²) in [5.74, 6) is 0. The maximum Gasteiger partial charge on any atom is 0.0670 e. The number of hydrogen-bond acceptors (Lipinski definition) is 3. The summed E-state index contributed by atoms with van der Waals surface area (Å²) in [7, 11) is 1.90. The smallest absolute Gasteiger partial charge is 0.0670 e. The Kier molecular flexibility index (Phi) is 2.06. The quantitative estimate of drug-likeness (QED) is 0.532. The van der Waals surface area contributed by atoms with Gasteiger partial charge in [0.15, 0.2) is 0 Å². The minimum Gasteiger partial charge on any atom is -0.296 e. The Labute approximate surface area is 60.3 Å². The van der Waals surface area contributed by atoms with Crippen molar-refractivity contribution < 1.29 is 0 Å². The third-order valence-corrected chi connectivity index (χ3v) is 1.32. The van der Waals surface area contributed by atoms with Crippen LogP contribution in [0.25, 0.3) is 0 Å². The van der Waals surface area contributed by atoms with Gasteiger partial charge >= 0.3 is 0 Å². The lowest BCUT2D eigenvalue weighted by Gasteiger charge is -2.13. The molecule has 0 aromatic rings. The van der Waals surface area contributed by atoms with Crippen molar-refractivity contribution >= 4 is 6.21 Å². The van der Waals surface area contributed by atoms with Crippen LogP contribution in [0, 0.1) is 11.3 Å². The van der Waals surface area contributed by atoms with Crippen molar-refractivity contribution in [2.45, 2.75) is 6.42 Å². The molecule has 0 saturated carbocycles. The van der Waals surface area contributed by atoms with Crippen molar-refractivity contribution in [2.24, 2.45) is 5.10 Å². The summed E-state index contributed by atoms with van der Waals surface area (Å²) in [5, 5.41) is 14.2. The summed E-state index contributed by atoms with van der Waals surface area (Å²) < 4.78 is 0. The number of allylic oxidation sites excluding steroid dienone is 1. The highest BCUT2D eigenvalue weighted by atomic mass is 15.4. The molecule has 0 amide bonds. The first-order chi connectivity index (χ1) is 4.83. The van der Waals surface area contributed by atoms with Crippen LogP contribution in [0.5, 0.6) is 0 Å². The molecule has 0 aromatic heterocycles. The van der Waals surface area contributed by atoms with Crippen molar-refractivity contribution in [3.63, 3.8) is 0 Å². The molecule has 0 bridgehead atoms. The standard InChI is InChI=1S/C7H9N3/c1-10-5-3-7(2-4-8)6-9-10/h3,6H,2,5H2,1H3. The van der Waals surface area contributed by atoms with Crippen molar-refractivity contribution in [3.05, 3.63) is 11.6 Å². The van der Waals surface area contributed by atoms with E-state index in [-0.39, 0.29) is 0 Å². The van der Waals surface area contributed by atoms with Gasteiger partial charge in [0.25, 0.3) is 0 Å². The second kappa shape index (κ2) is 3.02. The number of nitriles is 1. The van der Waals surface area contributed by atoms with Crippen LogP contribution in [-0.2, 0) is 0 Å². The van der Waals surface area contributed by atoms with E-state index in [9.17, 15) is 0 Å². The van der Waals surface area contributed by atoms with E-state index in [4.69, 9.17) is 5.26 Å². The first-order valence-electron chi connectivity index (χ1n) is 3.14. The van der Waals surface area contributed by atoms with Gasteiger partial charge in [0.05, 0.1) is 25.2 Å². The molecule has 10 heavy (non-hydrogen) atoms. The molecule has 0 fully saturated rings. The molecule has 52 valence electrons. The van der Waals surface area contributed by atoms with E-state index >= 15 is 0 Å². The van der Waals surface area contributed by atoms with Crippen LogP contribution >= 0.6 is 0 Å². The average Bonchev–Trinajstić information content (AvgIpc) is 1.95. The van der Waals surface area contributed by atoms with Crippen LogP contribution < -0.4 is 0 Å². The second-order valence-corrected chi connectivity index (χ2v) is 2.20. The average molecular weight is 135 g/mol. The normalized spacial score (nSPS) is 16.4. The van der Waals surface area contributed by atoms with Crippen molar-refractivity contribution in [2.75, 3.05) is 13.6 Å². The molecule has 0 aliphatic carbocycles. The van der Waals surface area contributed by atoms with Gasteiger partial charge in [0.1, 0.15) is 0 Å². The number of rotatable bonds is 1. The Morgan fingerprint density at radius 1 is 1.90 bits per heavy atom. The van der Waals surface area contributed by atoms with Crippen LogP contribution in [-0.4, -0.2) is 24.8 Å². The minimum absolute atomic E-state index is 0.470.